The molecule has 0 spiro atoms. The molecule has 0 unspecified atom stereocenters. The van der Waals surface area contributed by atoms with E-state index in [0.717, 1.165) is 12.8 Å². The first kappa shape index (κ1) is 14.3. The third-order valence-corrected chi connectivity index (χ3v) is 2.74. The Labute approximate surface area is 118 Å². The van der Waals surface area contributed by atoms with Crippen molar-refractivity contribution in [1.29, 1.82) is 0 Å². The van der Waals surface area contributed by atoms with Crippen molar-refractivity contribution in [2.75, 3.05) is 19.5 Å². The maximum atomic E-state index is 5.70. The third kappa shape index (κ3) is 4.51. The fourth-order valence-electron chi connectivity index (χ4n) is 1.86. The number of anilines is 1. The predicted octanol–water partition coefficient (Wildman–Crippen LogP) is 2.22. The highest BCUT2D eigenvalue weighted by atomic mass is 16.5. The summed E-state index contributed by atoms with van der Waals surface area (Å²) in [6, 6.07) is 11.9. The van der Waals surface area contributed by atoms with Crippen LogP contribution in [0.2, 0.25) is 0 Å². The quantitative estimate of drug-likeness (QED) is 0.783. The lowest BCUT2D eigenvalue weighted by molar-refractivity contribution is 0.176. The fraction of sp³-hybridized carbons (Fsp3) is 0.333. The fourth-order valence-corrected chi connectivity index (χ4v) is 1.86. The van der Waals surface area contributed by atoms with E-state index in [1.165, 1.54) is 5.56 Å². The van der Waals surface area contributed by atoms with E-state index in [9.17, 15) is 0 Å². The van der Waals surface area contributed by atoms with Gasteiger partial charge in [-0.05, 0) is 18.4 Å². The summed E-state index contributed by atoms with van der Waals surface area (Å²) in [7, 11) is 1.59. The van der Waals surface area contributed by atoms with E-state index < -0.39 is 0 Å². The Balaban J connectivity index is 1.81. The van der Waals surface area contributed by atoms with Crippen molar-refractivity contribution in [3.63, 3.8) is 0 Å². The van der Waals surface area contributed by atoms with Crippen LogP contribution < -0.4 is 10.5 Å². The first-order valence-electron chi connectivity index (χ1n) is 6.57. The number of aromatic nitrogens is 2. The standard InChI is InChI=1S/C15H19N3O2/c1-19-11-14-17-13(16)10-15(18-14)20-9-5-8-12-6-3-2-4-7-12/h2-4,6-7,10H,5,8-9,11H2,1H3,(H2,16,17,18). The van der Waals surface area contributed by atoms with Crippen LogP contribution in [-0.4, -0.2) is 23.7 Å². The molecule has 0 saturated heterocycles. The van der Waals surface area contributed by atoms with Gasteiger partial charge in [-0.3, -0.25) is 0 Å². The molecule has 0 bridgehead atoms. The van der Waals surface area contributed by atoms with Crippen molar-refractivity contribution in [2.24, 2.45) is 0 Å². The average molecular weight is 273 g/mol. The highest BCUT2D eigenvalue weighted by Gasteiger charge is 2.03. The Hall–Kier alpha value is -2.14. The molecule has 1 aromatic carbocycles. The van der Waals surface area contributed by atoms with E-state index in [0.29, 0.717) is 30.7 Å². The molecule has 0 radical (unpaired) electrons. The Morgan fingerprint density at radius 2 is 1.95 bits per heavy atom. The first-order chi connectivity index (χ1) is 9.78. The monoisotopic (exact) mass is 273 g/mol. The molecule has 2 rings (SSSR count). The zero-order chi connectivity index (χ0) is 14.2. The van der Waals surface area contributed by atoms with Gasteiger partial charge in [-0.25, -0.2) is 4.98 Å². The van der Waals surface area contributed by atoms with Gasteiger partial charge in [0.05, 0.1) is 6.61 Å². The molecule has 0 aliphatic carbocycles. The zero-order valence-electron chi connectivity index (χ0n) is 11.6. The van der Waals surface area contributed by atoms with Crippen molar-refractivity contribution in [3.05, 3.63) is 47.8 Å². The lowest BCUT2D eigenvalue weighted by atomic mass is 10.1. The molecule has 0 fully saturated rings. The van der Waals surface area contributed by atoms with E-state index >= 15 is 0 Å². The second kappa shape index (κ2) is 7.45. The van der Waals surface area contributed by atoms with Crippen LogP contribution in [0.25, 0.3) is 0 Å². The van der Waals surface area contributed by atoms with Gasteiger partial charge < -0.3 is 15.2 Å². The zero-order valence-corrected chi connectivity index (χ0v) is 11.6. The minimum atomic E-state index is 0.325. The number of benzene rings is 1. The topological polar surface area (TPSA) is 70.3 Å². The highest BCUT2D eigenvalue weighted by molar-refractivity contribution is 5.32. The number of ether oxygens (including phenoxy) is 2. The van der Waals surface area contributed by atoms with E-state index in [-0.39, 0.29) is 0 Å². The summed E-state index contributed by atoms with van der Waals surface area (Å²) in [5.41, 5.74) is 7.00. The van der Waals surface area contributed by atoms with E-state index in [1.807, 2.05) is 18.2 Å². The van der Waals surface area contributed by atoms with Gasteiger partial charge in [0.1, 0.15) is 12.4 Å². The second-order valence-electron chi connectivity index (χ2n) is 4.42. The molecule has 2 aromatic rings. The molecule has 0 aliphatic rings. The molecule has 1 heterocycles. The Kier molecular flexibility index (Phi) is 5.32. The summed E-state index contributed by atoms with van der Waals surface area (Å²) in [5.74, 6) is 1.42. The van der Waals surface area contributed by atoms with Crippen LogP contribution in [0, 0.1) is 0 Å². The van der Waals surface area contributed by atoms with E-state index in [1.54, 1.807) is 13.2 Å². The second-order valence-corrected chi connectivity index (χ2v) is 4.42. The van der Waals surface area contributed by atoms with Gasteiger partial charge in [-0.2, -0.15) is 4.98 Å². The van der Waals surface area contributed by atoms with Gasteiger partial charge in [-0.1, -0.05) is 30.3 Å². The molecular formula is C15H19N3O2. The molecule has 20 heavy (non-hydrogen) atoms. The van der Waals surface area contributed by atoms with Crippen LogP contribution in [0.3, 0.4) is 0 Å². The van der Waals surface area contributed by atoms with Gasteiger partial charge in [0.15, 0.2) is 5.82 Å². The minimum Gasteiger partial charge on any atom is -0.478 e. The molecule has 1 aromatic heterocycles. The number of hydrogen-bond acceptors (Lipinski definition) is 5. The summed E-state index contributed by atoms with van der Waals surface area (Å²) >= 11 is 0. The molecule has 0 amide bonds. The molecule has 0 atom stereocenters. The van der Waals surface area contributed by atoms with Gasteiger partial charge >= 0.3 is 0 Å². The summed E-state index contributed by atoms with van der Waals surface area (Å²) < 4.78 is 10.6. The Morgan fingerprint density at radius 1 is 1.15 bits per heavy atom. The van der Waals surface area contributed by atoms with Crippen LogP contribution in [0.4, 0.5) is 5.82 Å². The van der Waals surface area contributed by atoms with Crippen LogP contribution in [0.1, 0.15) is 17.8 Å². The summed E-state index contributed by atoms with van der Waals surface area (Å²) in [6.45, 7) is 0.920. The maximum Gasteiger partial charge on any atom is 0.218 e. The molecular weight excluding hydrogens is 254 g/mol. The first-order valence-corrected chi connectivity index (χ1v) is 6.57. The number of nitrogens with two attached hydrogens (primary N) is 1. The Morgan fingerprint density at radius 3 is 2.70 bits per heavy atom. The van der Waals surface area contributed by atoms with Crippen LogP contribution in [-0.2, 0) is 17.8 Å². The molecule has 2 N–H and O–H groups in total. The normalized spacial score (nSPS) is 10.4. The van der Waals surface area contributed by atoms with Crippen molar-refractivity contribution < 1.29 is 9.47 Å². The van der Waals surface area contributed by atoms with Gasteiger partial charge in [0.2, 0.25) is 5.88 Å². The van der Waals surface area contributed by atoms with Crippen molar-refractivity contribution in [1.82, 2.24) is 9.97 Å². The minimum absolute atomic E-state index is 0.325. The number of methoxy groups -OCH3 is 1. The van der Waals surface area contributed by atoms with Gasteiger partial charge in [0, 0.05) is 13.2 Å². The van der Waals surface area contributed by atoms with Gasteiger partial charge in [-0.15, -0.1) is 0 Å². The molecule has 0 aliphatic heterocycles. The lowest BCUT2D eigenvalue weighted by Gasteiger charge is -2.07. The lowest BCUT2D eigenvalue weighted by Crippen LogP contribution is -2.06. The van der Waals surface area contributed by atoms with Crippen LogP contribution >= 0.6 is 0 Å². The summed E-state index contributed by atoms with van der Waals surface area (Å²) in [5, 5.41) is 0. The van der Waals surface area contributed by atoms with E-state index in [2.05, 4.69) is 22.1 Å². The van der Waals surface area contributed by atoms with Gasteiger partial charge in [0.25, 0.3) is 0 Å². The Bertz CT molecular complexity index is 532. The van der Waals surface area contributed by atoms with Crippen LogP contribution in [0.15, 0.2) is 36.4 Å². The number of nitrogen functional groups attached to an aromatic ring is 1. The third-order valence-electron chi connectivity index (χ3n) is 2.74. The smallest absolute Gasteiger partial charge is 0.218 e. The highest BCUT2D eigenvalue weighted by Crippen LogP contribution is 2.12. The largest absolute Gasteiger partial charge is 0.478 e. The summed E-state index contributed by atoms with van der Waals surface area (Å²) in [4.78, 5) is 8.29. The molecule has 5 heteroatoms. The maximum absolute atomic E-state index is 5.70. The number of rotatable bonds is 7. The summed E-state index contributed by atoms with van der Waals surface area (Å²) in [6.07, 6.45) is 1.90. The molecule has 5 nitrogen and oxygen atoms in total. The van der Waals surface area contributed by atoms with Crippen molar-refractivity contribution >= 4 is 5.82 Å². The van der Waals surface area contributed by atoms with Crippen LogP contribution in [0.5, 0.6) is 5.88 Å². The number of nitrogens with zero attached hydrogens (tertiary/aromatic N) is 2. The number of hydrogen-bond donors (Lipinski definition) is 1. The van der Waals surface area contributed by atoms with E-state index in [4.69, 9.17) is 15.2 Å². The molecule has 0 saturated carbocycles. The van der Waals surface area contributed by atoms with Crippen molar-refractivity contribution in [3.8, 4) is 5.88 Å². The number of aryl methyl sites for hydroxylation is 1. The molecule has 106 valence electrons. The van der Waals surface area contributed by atoms with Crippen molar-refractivity contribution in [2.45, 2.75) is 19.4 Å². The SMILES string of the molecule is COCc1nc(N)cc(OCCCc2ccccc2)n1. The predicted molar refractivity (Wildman–Crippen MR) is 77.4 cm³/mol. The average Bonchev–Trinajstić information content (AvgIpc) is 2.45.